The van der Waals surface area contributed by atoms with Gasteiger partial charge in [0.1, 0.15) is 0 Å². The number of nitrogens with one attached hydrogen (secondary N) is 1. The van der Waals surface area contributed by atoms with Crippen molar-refractivity contribution in [2.45, 2.75) is 19.3 Å². The van der Waals surface area contributed by atoms with E-state index in [1.807, 2.05) is 24.3 Å². The fraction of sp³-hybridized carbons (Fsp3) is 0.350. The van der Waals surface area contributed by atoms with Gasteiger partial charge in [-0.25, -0.2) is 0 Å². The molecule has 1 aliphatic rings. The fourth-order valence-electron chi connectivity index (χ4n) is 3.23. The number of rotatable bonds is 5. The molecular weight excluding hydrogens is 411 g/mol. The summed E-state index contributed by atoms with van der Waals surface area (Å²) >= 11 is 2.26. The maximum absolute atomic E-state index is 12.2. The maximum atomic E-state index is 12.2. The Morgan fingerprint density at radius 3 is 2.38 bits per heavy atom. The lowest BCUT2D eigenvalue weighted by molar-refractivity contribution is -0.117. The molecule has 0 saturated carbocycles. The summed E-state index contributed by atoms with van der Waals surface area (Å²) in [4.78, 5) is 14.5. The van der Waals surface area contributed by atoms with Crippen LogP contribution >= 0.6 is 22.6 Å². The zero-order valence-electron chi connectivity index (χ0n) is 13.7. The van der Waals surface area contributed by atoms with Gasteiger partial charge in [0.15, 0.2) is 0 Å². The van der Waals surface area contributed by atoms with Gasteiger partial charge >= 0.3 is 0 Å². The van der Waals surface area contributed by atoms with Gasteiger partial charge in [0.2, 0.25) is 5.91 Å². The minimum atomic E-state index is 0.0812. The first kappa shape index (κ1) is 17.4. The van der Waals surface area contributed by atoms with Crippen molar-refractivity contribution in [3.63, 3.8) is 0 Å². The van der Waals surface area contributed by atoms with E-state index in [9.17, 15) is 4.79 Å². The number of hydrogen-bond donors (Lipinski definition) is 1. The Labute approximate surface area is 157 Å². The molecule has 1 saturated heterocycles. The number of halogens is 1. The molecule has 126 valence electrons. The molecule has 2 aromatic rings. The summed E-state index contributed by atoms with van der Waals surface area (Å²) in [6.07, 6.45) is 3.50. The molecule has 0 spiro atoms. The zero-order chi connectivity index (χ0) is 16.8. The lowest BCUT2D eigenvalue weighted by Crippen LogP contribution is -2.39. The first-order valence-corrected chi connectivity index (χ1v) is 9.58. The highest BCUT2D eigenvalue weighted by molar-refractivity contribution is 14.1. The van der Waals surface area contributed by atoms with Crippen LogP contribution in [0.15, 0.2) is 54.6 Å². The highest BCUT2D eigenvalue weighted by atomic mass is 127. The topological polar surface area (TPSA) is 32.3 Å². The summed E-state index contributed by atoms with van der Waals surface area (Å²) in [6, 6.07) is 18.6. The quantitative estimate of drug-likeness (QED) is 0.717. The average Bonchev–Trinajstić information content (AvgIpc) is 2.60. The van der Waals surface area contributed by atoms with Gasteiger partial charge in [0.25, 0.3) is 0 Å². The van der Waals surface area contributed by atoms with Crippen molar-refractivity contribution in [1.82, 2.24) is 4.90 Å². The third-order valence-corrected chi connectivity index (χ3v) is 5.29. The van der Waals surface area contributed by atoms with Crippen LogP contribution in [0, 0.1) is 9.49 Å². The first-order valence-electron chi connectivity index (χ1n) is 8.51. The van der Waals surface area contributed by atoms with Gasteiger partial charge in [-0.05, 0) is 90.7 Å². The number of carbonyl (C=O) groups excluding carboxylic acids is 1. The normalized spacial score (nSPS) is 16.0. The second-order valence-electron chi connectivity index (χ2n) is 6.46. The molecule has 24 heavy (non-hydrogen) atoms. The van der Waals surface area contributed by atoms with Crippen LogP contribution in [0.1, 0.15) is 18.4 Å². The van der Waals surface area contributed by atoms with E-state index in [0.717, 1.165) is 31.1 Å². The van der Waals surface area contributed by atoms with Crippen LogP contribution in [0.25, 0.3) is 0 Å². The molecule has 0 atom stereocenters. The Morgan fingerprint density at radius 2 is 1.71 bits per heavy atom. The molecule has 4 heteroatoms. The van der Waals surface area contributed by atoms with Crippen LogP contribution in [0.4, 0.5) is 5.69 Å². The summed E-state index contributed by atoms with van der Waals surface area (Å²) < 4.78 is 1.17. The van der Waals surface area contributed by atoms with E-state index in [2.05, 4.69) is 63.1 Å². The molecule has 1 N–H and O–H groups in total. The number of benzene rings is 2. The van der Waals surface area contributed by atoms with Gasteiger partial charge in [0.05, 0.1) is 6.54 Å². The van der Waals surface area contributed by atoms with Crippen LogP contribution in [0.2, 0.25) is 0 Å². The summed E-state index contributed by atoms with van der Waals surface area (Å²) in [7, 11) is 0. The molecule has 0 aromatic heterocycles. The third kappa shape index (κ3) is 5.31. The zero-order valence-corrected chi connectivity index (χ0v) is 15.9. The Kier molecular flexibility index (Phi) is 6.26. The molecular formula is C20H23IN2O. The lowest BCUT2D eigenvalue weighted by atomic mass is 9.90. The van der Waals surface area contributed by atoms with Gasteiger partial charge in [-0.15, -0.1) is 0 Å². The van der Waals surface area contributed by atoms with E-state index in [1.165, 1.54) is 22.0 Å². The molecule has 1 fully saturated rings. The largest absolute Gasteiger partial charge is 0.325 e. The monoisotopic (exact) mass is 434 g/mol. The Balaban J connectivity index is 1.41. The van der Waals surface area contributed by atoms with Crippen LogP contribution in [0.5, 0.6) is 0 Å². The molecule has 3 nitrogen and oxygen atoms in total. The molecule has 3 rings (SSSR count). The van der Waals surface area contributed by atoms with E-state index in [0.29, 0.717) is 6.54 Å². The van der Waals surface area contributed by atoms with Gasteiger partial charge in [0, 0.05) is 9.26 Å². The van der Waals surface area contributed by atoms with E-state index in [4.69, 9.17) is 0 Å². The minimum Gasteiger partial charge on any atom is -0.325 e. The van der Waals surface area contributed by atoms with Crippen LogP contribution in [0.3, 0.4) is 0 Å². The third-order valence-electron chi connectivity index (χ3n) is 4.57. The van der Waals surface area contributed by atoms with E-state index in [-0.39, 0.29) is 5.91 Å². The molecule has 2 aromatic carbocycles. The minimum absolute atomic E-state index is 0.0812. The molecule has 1 amide bonds. The summed E-state index contributed by atoms with van der Waals surface area (Å²) in [5.41, 5.74) is 2.30. The van der Waals surface area contributed by atoms with Crippen molar-refractivity contribution >= 4 is 34.2 Å². The van der Waals surface area contributed by atoms with E-state index in [1.54, 1.807) is 0 Å². The Hall–Kier alpha value is -1.40. The van der Waals surface area contributed by atoms with Crippen molar-refractivity contribution in [3.05, 3.63) is 63.7 Å². The number of amides is 1. The van der Waals surface area contributed by atoms with Crippen molar-refractivity contribution in [3.8, 4) is 0 Å². The maximum Gasteiger partial charge on any atom is 0.238 e. The summed E-state index contributed by atoms with van der Waals surface area (Å²) in [6.45, 7) is 2.51. The van der Waals surface area contributed by atoms with Crippen molar-refractivity contribution < 1.29 is 4.79 Å². The number of nitrogens with zero attached hydrogens (tertiary/aromatic N) is 1. The number of anilines is 1. The van der Waals surface area contributed by atoms with Crippen LogP contribution in [-0.2, 0) is 11.2 Å². The highest BCUT2D eigenvalue weighted by Gasteiger charge is 2.21. The number of likely N-dealkylation sites (tertiary alicyclic amines) is 1. The van der Waals surface area contributed by atoms with E-state index >= 15 is 0 Å². The summed E-state index contributed by atoms with van der Waals surface area (Å²) in [5, 5.41) is 2.98. The molecule has 1 heterocycles. The molecule has 0 unspecified atom stereocenters. The SMILES string of the molecule is O=C(CN1CCC(Cc2ccccc2)CC1)Nc1ccc(I)cc1. The van der Waals surface area contributed by atoms with Crippen molar-refractivity contribution in [2.75, 3.05) is 25.0 Å². The van der Waals surface area contributed by atoms with Gasteiger partial charge in [-0.3, -0.25) is 9.69 Å². The molecule has 0 aliphatic carbocycles. The van der Waals surface area contributed by atoms with Crippen molar-refractivity contribution in [1.29, 1.82) is 0 Å². The predicted octanol–water partition coefficient (Wildman–Crippen LogP) is 4.18. The van der Waals surface area contributed by atoms with Gasteiger partial charge in [-0.1, -0.05) is 30.3 Å². The predicted molar refractivity (Wildman–Crippen MR) is 107 cm³/mol. The van der Waals surface area contributed by atoms with Gasteiger partial charge in [-0.2, -0.15) is 0 Å². The Morgan fingerprint density at radius 1 is 1.04 bits per heavy atom. The summed E-state index contributed by atoms with van der Waals surface area (Å²) in [5.74, 6) is 0.820. The smallest absolute Gasteiger partial charge is 0.238 e. The van der Waals surface area contributed by atoms with Gasteiger partial charge < -0.3 is 5.32 Å². The fourth-order valence-corrected chi connectivity index (χ4v) is 3.59. The second-order valence-corrected chi connectivity index (χ2v) is 7.71. The molecule has 0 bridgehead atoms. The molecule has 1 aliphatic heterocycles. The highest BCUT2D eigenvalue weighted by Crippen LogP contribution is 2.21. The van der Waals surface area contributed by atoms with Crippen molar-refractivity contribution in [2.24, 2.45) is 5.92 Å². The first-order chi connectivity index (χ1) is 11.7. The number of carbonyl (C=O) groups is 1. The standard InChI is InChI=1S/C20H23IN2O/c21-18-6-8-19(9-7-18)22-20(24)15-23-12-10-17(11-13-23)14-16-4-2-1-3-5-16/h1-9,17H,10-15H2,(H,22,24). The number of piperidine rings is 1. The van der Waals surface area contributed by atoms with Crippen LogP contribution in [-0.4, -0.2) is 30.4 Å². The molecule has 0 radical (unpaired) electrons. The Bertz CT molecular complexity index is 649. The number of hydrogen-bond acceptors (Lipinski definition) is 2. The second kappa shape index (κ2) is 8.62. The average molecular weight is 434 g/mol. The van der Waals surface area contributed by atoms with Crippen LogP contribution < -0.4 is 5.32 Å². The lowest BCUT2D eigenvalue weighted by Gasteiger charge is -2.31. The van der Waals surface area contributed by atoms with E-state index < -0.39 is 0 Å².